The van der Waals surface area contributed by atoms with Crippen LogP contribution in [0.25, 0.3) is 0 Å². The SMILES string of the molecule is N[C@H](c1cccc(C(F)(F)F)c1F)C(F)(F)C(F)(F)F. The van der Waals surface area contributed by atoms with Crippen molar-refractivity contribution in [2.24, 2.45) is 5.73 Å². The minimum absolute atomic E-state index is 0.206. The number of hydrogen-bond donors (Lipinski definition) is 1. The van der Waals surface area contributed by atoms with Crippen LogP contribution in [-0.4, -0.2) is 12.1 Å². The van der Waals surface area contributed by atoms with Crippen molar-refractivity contribution >= 4 is 0 Å². The van der Waals surface area contributed by atoms with Gasteiger partial charge in [-0.05, 0) is 6.07 Å². The zero-order chi connectivity index (χ0) is 15.9. The van der Waals surface area contributed by atoms with Crippen molar-refractivity contribution in [3.8, 4) is 0 Å². The molecule has 0 aliphatic rings. The van der Waals surface area contributed by atoms with E-state index in [0.717, 1.165) is 0 Å². The third-order valence-electron chi connectivity index (χ3n) is 2.44. The molecule has 1 atom stereocenters. The Hall–Kier alpha value is -1.45. The lowest BCUT2D eigenvalue weighted by Crippen LogP contribution is -2.46. The van der Waals surface area contributed by atoms with Crippen LogP contribution in [0, 0.1) is 5.82 Å². The summed E-state index contributed by atoms with van der Waals surface area (Å²) in [5.41, 5.74) is 1.06. The second kappa shape index (κ2) is 4.83. The third-order valence-corrected chi connectivity index (χ3v) is 2.44. The van der Waals surface area contributed by atoms with Crippen LogP contribution in [-0.2, 0) is 6.18 Å². The van der Waals surface area contributed by atoms with E-state index in [2.05, 4.69) is 5.73 Å². The molecule has 0 heterocycles. The molecule has 2 N–H and O–H groups in total. The van der Waals surface area contributed by atoms with Gasteiger partial charge >= 0.3 is 18.3 Å². The van der Waals surface area contributed by atoms with Crippen molar-refractivity contribution in [1.29, 1.82) is 0 Å². The van der Waals surface area contributed by atoms with E-state index in [-0.39, 0.29) is 6.07 Å². The predicted molar refractivity (Wildman–Crippen MR) is 49.3 cm³/mol. The van der Waals surface area contributed by atoms with Crippen LogP contribution in [0.15, 0.2) is 18.2 Å². The van der Waals surface area contributed by atoms with E-state index in [1.165, 1.54) is 0 Å². The van der Waals surface area contributed by atoms with E-state index in [0.29, 0.717) is 12.1 Å². The quantitative estimate of drug-likeness (QED) is 0.820. The Morgan fingerprint density at radius 3 is 1.80 bits per heavy atom. The highest BCUT2D eigenvalue weighted by molar-refractivity contribution is 5.31. The maximum Gasteiger partial charge on any atom is 0.455 e. The zero-order valence-corrected chi connectivity index (χ0v) is 9.29. The van der Waals surface area contributed by atoms with Gasteiger partial charge in [0.05, 0.1) is 5.56 Å². The monoisotopic (exact) mass is 311 g/mol. The maximum absolute atomic E-state index is 13.4. The number of alkyl halides is 8. The van der Waals surface area contributed by atoms with Crippen molar-refractivity contribution in [2.75, 3.05) is 0 Å². The molecule has 1 rings (SSSR count). The Morgan fingerprint density at radius 1 is 0.900 bits per heavy atom. The van der Waals surface area contributed by atoms with Gasteiger partial charge in [-0.2, -0.15) is 35.1 Å². The van der Waals surface area contributed by atoms with Gasteiger partial charge in [0.2, 0.25) is 0 Å². The molecule has 0 fully saturated rings. The smallest absolute Gasteiger partial charge is 0.319 e. The molecule has 0 saturated carbocycles. The lowest BCUT2D eigenvalue weighted by Gasteiger charge is -2.26. The summed E-state index contributed by atoms with van der Waals surface area (Å²) in [6.07, 6.45) is -11.4. The van der Waals surface area contributed by atoms with E-state index in [1.807, 2.05) is 0 Å². The Labute approximate surface area is 106 Å². The highest BCUT2D eigenvalue weighted by atomic mass is 19.4. The van der Waals surface area contributed by atoms with E-state index < -0.39 is 41.3 Å². The lowest BCUT2D eigenvalue weighted by atomic mass is 9.98. The van der Waals surface area contributed by atoms with Crippen LogP contribution in [0.4, 0.5) is 39.5 Å². The van der Waals surface area contributed by atoms with Crippen molar-refractivity contribution in [2.45, 2.75) is 24.3 Å². The standard InChI is InChI=1S/C10H6F9N/c11-6-4(2-1-3-5(6)9(14,15)16)7(20)8(12,13)10(17,18)19/h1-3,7H,20H2/t7-/m1/s1. The predicted octanol–water partition coefficient (Wildman–Crippen LogP) is 4.04. The summed E-state index contributed by atoms with van der Waals surface area (Å²) in [7, 11) is 0. The van der Waals surface area contributed by atoms with Crippen molar-refractivity contribution in [3.63, 3.8) is 0 Å². The average molecular weight is 311 g/mol. The summed E-state index contributed by atoms with van der Waals surface area (Å²) >= 11 is 0. The summed E-state index contributed by atoms with van der Waals surface area (Å²) in [4.78, 5) is 0. The van der Waals surface area contributed by atoms with Crippen LogP contribution < -0.4 is 5.73 Å². The minimum atomic E-state index is -6.12. The minimum Gasteiger partial charge on any atom is -0.319 e. The fourth-order valence-corrected chi connectivity index (χ4v) is 1.38. The van der Waals surface area contributed by atoms with Gasteiger partial charge in [0.25, 0.3) is 0 Å². The zero-order valence-electron chi connectivity index (χ0n) is 9.29. The summed E-state index contributed by atoms with van der Waals surface area (Å²) in [5.74, 6) is -7.82. The fraction of sp³-hybridized carbons (Fsp3) is 0.400. The van der Waals surface area contributed by atoms with Crippen LogP contribution in [0.2, 0.25) is 0 Å². The number of halogens is 9. The second-order valence-corrected chi connectivity index (χ2v) is 3.80. The molecule has 0 radical (unpaired) electrons. The molecular formula is C10H6F9N. The number of benzene rings is 1. The Balaban J connectivity index is 3.36. The lowest BCUT2D eigenvalue weighted by molar-refractivity contribution is -0.291. The van der Waals surface area contributed by atoms with Crippen LogP contribution in [0.1, 0.15) is 17.2 Å². The Kier molecular flexibility index (Phi) is 4.01. The first-order valence-electron chi connectivity index (χ1n) is 4.86. The van der Waals surface area contributed by atoms with Gasteiger partial charge in [-0.25, -0.2) is 4.39 Å². The van der Waals surface area contributed by atoms with Gasteiger partial charge in [-0.1, -0.05) is 12.1 Å². The fourth-order valence-electron chi connectivity index (χ4n) is 1.38. The molecule has 20 heavy (non-hydrogen) atoms. The van der Waals surface area contributed by atoms with Crippen LogP contribution in [0.3, 0.4) is 0 Å². The molecule has 0 aromatic heterocycles. The summed E-state index contributed by atoms with van der Waals surface area (Å²) in [6, 6.07) is -2.25. The Bertz CT molecular complexity index is 488. The molecule has 0 bridgehead atoms. The van der Waals surface area contributed by atoms with E-state index in [9.17, 15) is 39.5 Å². The van der Waals surface area contributed by atoms with Gasteiger partial charge in [-0.15, -0.1) is 0 Å². The molecule has 0 saturated heterocycles. The molecule has 0 aliphatic heterocycles. The normalized spacial score (nSPS) is 15.3. The van der Waals surface area contributed by atoms with Crippen LogP contribution >= 0.6 is 0 Å². The maximum atomic E-state index is 13.4. The first-order valence-corrected chi connectivity index (χ1v) is 4.86. The topological polar surface area (TPSA) is 26.0 Å². The summed E-state index contributed by atoms with van der Waals surface area (Å²) in [5, 5.41) is 0. The van der Waals surface area contributed by atoms with Crippen molar-refractivity contribution in [1.82, 2.24) is 0 Å². The second-order valence-electron chi connectivity index (χ2n) is 3.80. The number of hydrogen-bond acceptors (Lipinski definition) is 1. The van der Waals surface area contributed by atoms with Gasteiger partial charge in [0, 0.05) is 5.56 Å². The van der Waals surface area contributed by atoms with Gasteiger partial charge in [-0.3, -0.25) is 0 Å². The molecule has 10 heteroatoms. The summed E-state index contributed by atoms with van der Waals surface area (Å²) < 4.78 is 112. The molecule has 114 valence electrons. The first-order chi connectivity index (χ1) is 8.80. The summed E-state index contributed by atoms with van der Waals surface area (Å²) in [6.45, 7) is 0. The van der Waals surface area contributed by atoms with Gasteiger partial charge < -0.3 is 5.73 Å². The van der Waals surface area contributed by atoms with Gasteiger partial charge in [0.1, 0.15) is 11.9 Å². The molecule has 1 nitrogen and oxygen atoms in total. The molecule has 1 aromatic carbocycles. The average Bonchev–Trinajstić information content (AvgIpc) is 2.25. The van der Waals surface area contributed by atoms with Gasteiger partial charge in [0.15, 0.2) is 0 Å². The largest absolute Gasteiger partial charge is 0.455 e. The molecule has 0 unspecified atom stereocenters. The highest BCUT2D eigenvalue weighted by Crippen LogP contribution is 2.44. The van der Waals surface area contributed by atoms with E-state index >= 15 is 0 Å². The van der Waals surface area contributed by atoms with Crippen LogP contribution in [0.5, 0.6) is 0 Å². The number of nitrogens with two attached hydrogens (primary N) is 1. The number of rotatable bonds is 2. The molecule has 0 amide bonds. The van der Waals surface area contributed by atoms with E-state index in [1.54, 1.807) is 0 Å². The molecular weight excluding hydrogens is 305 g/mol. The molecule has 1 aromatic rings. The van der Waals surface area contributed by atoms with Crippen molar-refractivity contribution in [3.05, 3.63) is 35.1 Å². The highest BCUT2D eigenvalue weighted by Gasteiger charge is 2.62. The first kappa shape index (κ1) is 16.6. The molecule has 0 aliphatic carbocycles. The third kappa shape index (κ3) is 2.84. The van der Waals surface area contributed by atoms with Crippen molar-refractivity contribution < 1.29 is 39.5 Å². The van der Waals surface area contributed by atoms with E-state index in [4.69, 9.17) is 0 Å². The molecule has 0 spiro atoms. The Morgan fingerprint density at radius 2 is 1.40 bits per heavy atom.